The molecule has 6 rings (SSSR count). The zero-order valence-corrected chi connectivity index (χ0v) is 23.7. The number of pyridine rings is 3. The molecule has 1 fully saturated rings. The molecule has 1 atom stereocenters. The lowest BCUT2D eigenvalue weighted by atomic mass is 10.1. The molecule has 1 aliphatic heterocycles. The Balaban J connectivity index is 1.24. The van der Waals surface area contributed by atoms with Gasteiger partial charge in [-0.15, -0.1) is 0 Å². The predicted molar refractivity (Wildman–Crippen MR) is 147 cm³/mol. The monoisotopic (exact) mass is 646 g/mol. The topological polar surface area (TPSA) is 111 Å². The van der Waals surface area contributed by atoms with Crippen LogP contribution in [-0.2, 0) is 27.7 Å². The molecule has 41 heavy (non-hydrogen) atoms. The minimum Gasteiger partial charge on any atom is -0.373 e. The summed E-state index contributed by atoms with van der Waals surface area (Å²) in [6.45, 7) is -0.696. The summed E-state index contributed by atoms with van der Waals surface area (Å²) in [5, 5.41) is 3.44. The first-order valence-corrected chi connectivity index (χ1v) is 15.1. The third kappa shape index (κ3) is 5.45. The Bertz CT molecular complexity index is 1800. The molecule has 0 bridgehead atoms. The first-order valence-electron chi connectivity index (χ1n) is 12.7. The number of alkyl halides is 3. The maximum atomic E-state index is 14.2. The summed E-state index contributed by atoms with van der Waals surface area (Å²) >= 11 is 3.27. The van der Waals surface area contributed by atoms with Crippen molar-refractivity contribution in [1.29, 1.82) is 0 Å². The molecule has 0 spiro atoms. The zero-order valence-electron chi connectivity index (χ0n) is 21.3. The fourth-order valence-corrected chi connectivity index (χ4v) is 6.74. The van der Waals surface area contributed by atoms with Crippen molar-refractivity contribution in [3.05, 3.63) is 81.2 Å². The highest BCUT2D eigenvalue weighted by Crippen LogP contribution is 2.43. The van der Waals surface area contributed by atoms with Gasteiger partial charge in [-0.25, -0.2) is 26.6 Å². The lowest BCUT2D eigenvalue weighted by Crippen LogP contribution is -2.24. The number of aromatic nitrogens is 3. The number of hydrogen-bond acceptors (Lipinski definition) is 7. The normalized spacial score (nSPS) is 18.2. The van der Waals surface area contributed by atoms with Crippen molar-refractivity contribution < 1.29 is 31.1 Å². The average Bonchev–Trinajstić information content (AvgIpc) is 3.81. The van der Waals surface area contributed by atoms with Crippen molar-refractivity contribution in [2.75, 3.05) is 6.61 Å². The van der Waals surface area contributed by atoms with Gasteiger partial charge in [-0.05, 0) is 55.3 Å². The number of nitrogens with one attached hydrogen (secondary N) is 1. The summed E-state index contributed by atoms with van der Waals surface area (Å²) < 4.78 is 71.8. The van der Waals surface area contributed by atoms with Crippen LogP contribution in [0.4, 0.5) is 13.2 Å². The van der Waals surface area contributed by atoms with Gasteiger partial charge in [0.05, 0.1) is 52.9 Å². The molecule has 0 unspecified atom stereocenters. The zero-order chi connectivity index (χ0) is 28.9. The molecule has 8 nitrogen and oxygen atoms in total. The minimum absolute atomic E-state index is 0.00411. The van der Waals surface area contributed by atoms with Crippen molar-refractivity contribution in [2.45, 2.75) is 48.7 Å². The molecule has 1 aliphatic carbocycles. The van der Waals surface area contributed by atoms with Crippen molar-refractivity contribution in [3.63, 3.8) is 0 Å². The van der Waals surface area contributed by atoms with Gasteiger partial charge < -0.3 is 10.1 Å². The first kappa shape index (κ1) is 27.7. The smallest absolute Gasteiger partial charge is 0.265 e. The number of rotatable bonds is 6. The summed E-state index contributed by atoms with van der Waals surface area (Å²) in [6.07, 6.45) is 0.686. The van der Waals surface area contributed by atoms with Gasteiger partial charge in [-0.1, -0.05) is 15.9 Å². The Hall–Kier alpha value is -3.42. The maximum absolute atomic E-state index is 14.2. The predicted octanol–water partition coefficient (Wildman–Crippen LogP) is 5.80. The van der Waals surface area contributed by atoms with E-state index in [2.05, 4.69) is 36.2 Å². The number of carbonyl (C=O) groups excluding carboxylic acids is 1. The second-order valence-electron chi connectivity index (χ2n) is 9.90. The fraction of sp³-hybridized carbons (Fsp3) is 0.286. The highest BCUT2D eigenvalue weighted by atomic mass is 79.9. The number of amides is 1. The molecule has 0 saturated heterocycles. The van der Waals surface area contributed by atoms with Gasteiger partial charge >= 0.3 is 0 Å². The van der Waals surface area contributed by atoms with E-state index in [1.165, 1.54) is 12.1 Å². The van der Waals surface area contributed by atoms with Crippen molar-refractivity contribution >= 4 is 42.6 Å². The third-order valence-electron chi connectivity index (χ3n) is 7.03. The summed E-state index contributed by atoms with van der Waals surface area (Å²) in [5.74, 6) is -0.533. The van der Waals surface area contributed by atoms with Crippen LogP contribution in [-0.4, -0.2) is 41.4 Å². The minimum atomic E-state index is -4.33. The standard InChI is InChI=1S/C28H22BrF3N4O4S/c29-20-7-16(8-24-19(20)12-40-13-25(30)41(24,38)39)28(37)34-11-17-9-23-15(10-33-17)3-5-21(35-23)22-6-4-18(27(31)32)26(36-22)14-1-2-14/h3-10,14,25,27H,1-2,11-13H2,(H,34,37)/t25-/m1/s1. The van der Waals surface area contributed by atoms with E-state index in [1.54, 1.807) is 24.4 Å². The first-order chi connectivity index (χ1) is 19.6. The molecular weight excluding hydrogens is 625 g/mol. The van der Waals surface area contributed by atoms with E-state index in [-0.39, 0.29) is 40.7 Å². The van der Waals surface area contributed by atoms with E-state index in [1.807, 2.05) is 6.07 Å². The second-order valence-corrected chi connectivity index (χ2v) is 12.8. The number of hydrogen-bond donors (Lipinski definition) is 1. The molecule has 3 aromatic heterocycles. The third-order valence-corrected chi connectivity index (χ3v) is 9.53. The van der Waals surface area contributed by atoms with Crippen LogP contribution >= 0.6 is 15.9 Å². The van der Waals surface area contributed by atoms with Gasteiger partial charge in [-0.3, -0.25) is 14.8 Å². The molecule has 2 aliphatic rings. The molecule has 212 valence electrons. The molecular formula is C28H22BrF3N4O4S. The van der Waals surface area contributed by atoms with Crippen LogP contribution in [0.2, 0.25) is 0 Å². The van der Waals surface area contributed by atoms with E-state index >= 15 is 0 Å². The van der Waals surface area contributed by atoms with Crippen LogP contribution in [0.5, 0.6) is 0 Å². The van der Waals surface area contributed by atoms with E-state index in [0.29, 0.717) is 32.8 Å². The molecule has 13 heteroatoms. The largest absolute Gasteiger partial charge is 0.373 e. The SMILES string of the molecule is O=C(NCc1cc2nc(-c3ccc(C(F)F)c(C4CC4)n3)ccc2cn1)c1cc(Br)c2c(c1)S(=O)(=O)[C@@H](F)COC2. The summed E-state index contributed by atoms with van der Waals surface area (Å²) in [5.41, 5.74) is 0.492. The van der Waals surface area contributed by atoms with Gasteiger partial charge in [0.2, 0.25) is 15.3 Å². The van der Waals surface area contributed by atoms with Gasteiger partial charge in [0.15, 0.2) is 0 Å². The van der Waals surface area contributed by atoms with E-state index in [0.717, 1.165) is 24.3 Å². The number of sulfone groups is 1. The van der Waals surface area contributed by atoms with Crippen molar-refractivity contribution in [3.8, 4) is 11.4 Å². The van der Waals surface area contributed by atoms with Crippen molar-refractivity contribution in [2.24, 2.45) is 0 Å². The highest BCUT2D eigenvalue weighted by Gasteiger charge is 2.34. The Morgan fingerprint density at radius 3 is 2.61 bits per heavy atom. The molecule has 1 aromatic carbocycles. The maximum Gasteiger partial charge on any atom is 0.265 e. The number of carbonyl (C=O) groups is 1. The molecule has 1 amide bonds. The molecule has 0 radical (unpaired) electrons. The summed E-state index contributed by atoms with van der Waals surface area (Å²) in [4.78, 5) is 26.2. The highest BCUT2D eigenvalue weighted by molar-refractivity contribution is 9.10. The Kier molecular flexibility index (Phi) is 7.28. The van der Waals surface area contributed by atoms with Crippen LogP contribution in [0.25, 0.3) is 22.3 Å². The van der Waals surface area contributed by atoms with Gasteiger partial charge in [0.25, 0.3) is 12.3 Å². The molecule has 4 aromatic rings. The Morgan fingerprint density at radius 1 is 1.10 bits per heavy atom. The number of nitrogens with zero attached hydrogens (tertiary/aromatic N) is 3. The van der Waals surface area contributed by atoms with Crippen molar-refractivity contribution in [1.82, 2.24) is 20.3 Å². The molecule has 1 N–H and O–H groups in total. The number of halogens is 4. The second kappa shape index (κ2) is 10.8. The van der Waals surface area contributed by atoms with Crippen LogP contribution in [0.15, 0.2) is 58.0 Å². The van der Waals surface area contributed by atoms with Crippen LogP contribution in [0.3, 0.4) is 0 Å². The Labute approximate surface area is 241 Å². The lowest BCUT2D eigenvalue weighted by Gasteiger charge is -2.12. The number of benzene rings is 1. The molecule has 4 heterocycles. The van der Waals surface area contributed by atoms with E-state index in [9.17, 15) is 26.4 Å². The lowest BCUT2D eigenvalue weighted by molar-refractivity contribution is 0.0946. The summed E-state index contributed by atoms with van der Waals surface area (Å²) in [7, 11) is -4.33. The fourth-order valence-electron chi connectivity index (χ4n) is 4.68. The van der Waals surface area contributed by atoms with E-state index in [4.69, 9.17) is 4.74 Å². The van der Waals surface area contributed by atoms with Gasteiger partial charge in [0.1, 0.15) is 0 Å². The number of ether oxygens (including phenoxy) is 1. The Morgan fingerprint density at radius 2 is 1.85 bits per heavy atom. The van der Waals surface area contributed by atoms with Gasteiger partial charge in [0, 0.05) is 38.7 Å². The quantitative estimate of drug-likeness (QED) is 0.282. The van der Waals surface area contributed by atoms with E-state index < -0.39 is 34.3 Å². The number of fused-ring (bicyclic) bond motifs is 2. The van der Waals surface area contributed by atoms with Gasteiger partial charge in [-0.2, -0.15) is 0 Å². The van der Waals surface area contributed by atoms with Crippen LogP contribution < -0.4 is 5.32 Å². The van der Waals surface area contributed by atoms with Crippen LogP contribution in [0.1, 0.15) is 58.1 Å². The average molecular weight is 647 g/mol. The molecule has 1 saturated carbocycles. The summed E-state index contributed by atoms with van der Waals surface area (Å²) in [6, 6.07) is 10.8. The van der Waals surface area contributed by atoms with Crippen LogP contribution in [0, 0.1) is 0 Å².